The molecule has 0 fully saturated rings. The van der Waals surface area contributed by atoms with Crippen LogP contribution in [-0.4, -0.2) is 28.7 Å². The molecule has 6 nitrogen and oxygen atoms in total. The summed E-state index contributed by atoms with van der Waals surface area (Å²) in [6.45, 7) is 0. The number of amides is 2. The summed E-state index contributed by atoms with van der Waals surface area (Å²) in [5, 5.41) is 10.5. The van der Waals surface area contributed by atoms with Crippen molar-refractivity contribution < 1.29 is 14.5 Å². The molecule has 1 aliphatic heterocycles. The van der Waals surface area contributed by atoms with Gasteiger partial charge in [-0.2, -0.15) is 0 Å². The highest BCUT2D eigenvalue weighted by Gasteiger charge is 2.28. The van der Waals surface area contributed by atoms with Crippen LogP contribution in [-0.2, 0) is 9.59 Å². The highest BCUT2D eigenvalue weighted by Crippen LogP contribution is 2.24. The molecule has 1 heterocycles. The highest BCUT2D eigenvalue weighted by atomic mass is 16.6. The average Bonchev–Trinajstić information content (AvgIpc) is 2.57. The number of carbonyl (C=O) groups is 2. The van der Waals surface area contributed by atoms with Gasteiger partial charge in [-0.05, 0) is 17.7 Å². The average molecular weight is 232 g/mol. The van der Waals surface area contributed by atoms with Crippen molar-refractivity contribution in [3.63, 3.8) is 0 Å². The predicted molar refractivity (Wildman–Crippen MR) is 58.9 cm³/mol. The number of nitro groups is 1. The van der Waals surface area contributed by atoms with Crippen molar-refractivity contribution in [1.82, 2.24) is 4.90 Å². The van der Waals surface area contributed by atoms with E-state index in [1.807, 2.05) is 0 Å². The zero-order chi connectivity index (χ0) is 12.6. The maximum Gasteiger partial charge on any atom is 0.269 e. The van der Waals surface area contributed by atoms with Crippen molar-refractivity contribution in [1.29, 1.82) is 0 Å². The number of carbonyl (C=O) groups excluding carboxylic acids is 2. The molecule has 0 saturated heterocycles. The first kappa shape index (κ1) is 11.0. The van der Waals surface area contributed by atoms with Gasteiger partial charge in [-0.15, -0.1) is 0 Å². The quantitative estimate of drug-likeness (QED) is 0.432. The van der Waals surface area contributed by atoms with E-state index >= 15 is 0 Å². The standard InChI is InChI=1S/C11H8N2O4/c1-12-10(14)6-9(11(12)15)7-2-4-8(5-3-7)13(16)17/h2-6H,1H3. The Morgan fingerprint density at radius 2 is 1.76 bits per heavy atom. The van der Waals surface area contributed by atoms with Crippen molar-refractivity contribution in [3.05, 3.63) is 46.0 Å². The van der Waals surface area contributed by atoms with Gasteiger partial charge in [-0.3, -0.25) is 24.6 Å². The lowest BCUT2D eigenvalue weighted by Gasteiger charge is -2.06. The fourth-order valence-electron chi connectivity index (χ4n) is 1.53. The summed E-state index contributed by atoms with van der Waals surface area (Å²) < 4.78 is 0. The van der Waals surface area contributed by atoms with Crippen LogP contribution >= 0.6 is 0 Å². The van der Waals surface area contributed by atoms with Crippen LogP contribution in [0.3, 0.4) is 0 Å². The number of nitrogens with zero attached hydrogens (tertiary/aromatic N) is 2. The number of non-ortho nitro benzene ring substituents is 1. The molecule has 0 bridgehead atoms. The summed E-state index contributed by atoms with van der Waals surface area (Å²) in [6.07, 6.45) is 1.23. The summed E-state index contributed by atoms with van der Waals surface area (Å²) in [5.41, 5.74) is 0.699. The van der Waals surface area contributed by atoms with Gasteiger partial charge in [0.25, 0.3) is 17.5 Å². The molecule has 2 amide bonds. The van der Waals surface area contributed by atoms with E-state index in [4.69, 9.17) is 0 Å². The maximum atomic E-state index is 11.6. The van der Waals surface area contributed by atoms with Gasteiger partial charge < -0.3 is 0 Å². The Morgan fingerprint density at radius 3 is 2.18 bits per heavy atom. The van der Waals surface area contributed by atoms with Crippen LogP contribution in [0.25, 0.3) is 5.57 Å². The summed E-state index contributed by atoms with van der Waals surface area (Å²) >= 11 is 0. The third kappa shape index (κ3) is 1.80. The molecule has 0 atom stereocenters. The van der Waals surface area contributed by atoms with Crippen LogP contribution in [0.2, 0.25) is 0 Å². The van der Waals surface area contributed by atoms with Crippen LogP contribution < -0.4 is 0 Å². The van der Waals surface area contributed by atoms with Crippen molar-refractivity contribution >= 4 is 23.1 Å². The van der Waals surface area contributed by atoms with E-state index in [1.165, 1.54) is 37.4 Å². The third-order valence-electron chi connectivity index (χ3n) is 2.52. The van der Waals surface area contributed by atoms with Crippen LogP contribution in [0, 0.1) is 10.1 Å². The maximum absolute atomic E-state index is 11.6. The Kier molecular flexibility index (Phi) is 2.47. The first-order valence-electron chi connectivity index (χ1n) is 4.79. The molecule has 0 aliphatic carbocycles. The molecular weight excluding hydrogens is 224 g/mol. The monoisotopic (exact) mass is 232 g/mol. The van der Waals surface area contributed by atoms with Crippen LogP contribution in [0.4, 0.5) is 5.69 Å². The highest BCUT2D eigenvalue weighted by molar-refractivity contribution is 6.33. The second kappa shape index (κ2) is 3.82. The number of rotatable bonds is 2. The lowest BCUT2D eigenvalue weighted by molar-refractivity contribution is -0.384. The lowest BCUT2D eigenvalue weighted by atomic mass is 10.1. The largest absolute Gasteiger partial charge is 0.278 e. The SMILES string of the molecule is CN1C(=O)C=C(c2ccc([N+](=O)[O-])cc2)C1=O. The molecule has 1 aliphatic rings. The molecule has 1 aromatic rings. The van der Waals surface area contributed by atoms with Crippen LogP contribution in [0.1, 0.15) is 5.56 Å². The molecule has 0 unspecified atom stereocenters. The van der Waals surface area contributed by atoms with Gasteiger partial charge in [0.05, 0.1) is 10.5 Å². The molecule has 17 heavy (non-hydrogen) atoms. The van der Waals surface area contributed by atoms with Crippen LogP contribution in [0.15, 0.2) is 30.3 Å². The van der Waals surface area contributed by atoms with E-state index in [-0.39, 0.29) is 17.2 Å². The molecule has 0 spiro atoms. The van der Waals surface area contributed by atoms with Crippen molar-refractivity contribution in [2.45, 2.75) is 0 Å². The predicted octanol–water partition coefficient (Wildman–Crippen LogP) is 0.977. The third-order valence-corrected chi connectivity index (χ3v) is 2.52. The number of benzene rings is 1. The minimum atomic E-state index is -0.522. The van der Waals surface area contributed by atoms with Gasteiger partial charge in [0.15, 0.2) is 0 Å². The van der Waals surface area contributed by atoms with E-state index in [2.05, 4.69) is 0 Å². The molecule has 0 saturated carbocycles. The Bertz CT molecular complexity index is 545. The van der Waals surface area contributed by atoms with Gasteiger partial charge in [0, 0.05) is 25.3 Å². The molecule has 0 N–H and O–H groups in total. The molecule has 86 valence electrons. The number of likely N-dealkylation sites (N-methyl/N-ethyl adjacent to an activating group) is 1. The summed E-state index contributed by atoms with van der Waals surface area (Å²) in [4.78, 5) is 33.8. The molecule has 6 heteroatoms. The van der Waals surface area contributed by atoms with Crippen molar-refractivity contribution in [2.24, 2.45) is 0 Å². The second-order valence-electron chi connectivity index (χ2n) is 3.56. The van der Waals surface area contributed by atoms with E-state index < -0.39 is 10.8 Å². The summed E-state index contributed by atoms with van der Waals surface area (Å²) in [7, 11) is 1.39. The minimum absolute atomic E-state index is 0.0560. The number of hydrogen-bond acceptors (Lipinski definition) is 4. The van der Waals surface area contributed by atoms with Gasteiger partial charge in [-0.25, -0.2) is 0 Å². The lowest BCUT2D eigenvalue weighted by Crippen LogP contribution is -2.25. The zero-order valence-corrected chi connectivity index (χ0v) is 8.91. The van der Waals surface area contributed by atoms with Gasteiger partial charge in [-0.1, -0.05) is 0 Å². The smallest absolute Gasteiger partial charge is 0.269 e. The fraction of sp³-hybridized carbons (Fsp3) is 0.0909. The molecular formula is C11H8N2O4. The fourth-order valence-corrected chi connectivity index (χ4v) is 1.53. The Balaban J connectivity index is 2.36. The molecule has 0 radical (unpaired) electrons. The van der Waals surface area contributed by atoms with Crippen molar-refractivity contribution in [2.75, 3.05) is 7.05 Å². The molecule has 1 aromatic carbocycles. The normalized spacial score (nSPS) is 15.1. The van der Waals surface area contributed by atoms with Gasteiger partial charge in [0.1, 0.15) is 0 Å². The van der Waals surface area contributed by atoms with E-state index in [9.17, 15) is 19.7 Å². The van der Waals surface area contributed by atoms with E-state index in [1.54, 1.807) is 0 Å². The van der Waals surface area contributed by atoms with Crippen LogP contribution in [0.5, 0.6) is 0 Å². The number of nitro benzene ring substituents is 1. The van der Waals surface area contributed by atoms with Gasteiger partial charge in [0.2, 0.25) is 0 Å². The first-order chi connectivity index (χ1) is 8.00. The first-order valence-corrected chi connectivity index (χ1v) is 4.79. The molecule has 0 aromatic heterocycles. The minimum Gasteiger partial charge on any atom is -0.278 e. The summed E-state index contributed by atoms with van der Waals surface area (Å²) in [6, 6.07) is 5.50. The van der Waals surface area contributed by atoms with E-state index in [0.29, 0.717) is 5.56 Å². The second-order valence-corrected chi connectivity index (χ2v) is 3.56. The topological polar surface area (TPSA) is 80.5 Å². The summed E-state index contributed by atoms with van der Waals surface area (Å²) in [5.74, 6) is -0.785. The van der Waals surface area contributed by atoms with E-state index in [0.717, 1.165) is 4.90 Å². The zero-order valence-electron chi connectivity index (χ0n) is 8.91. The van der Waals surface area contributed by atoms with Crippen molar-refractivity contribution in [3.8, 4) is 0 Å². The van der Waals surface area contributed by atoms with Gasteiger partial charge >= 0.3 is 0 Å². The Hall–Kier alpha value is -2.50. The Labute approximate surface area is 96.3 Å². The number of imide groups is 1. The molecule has 2 rings (SSSR count). The Morgan fingerprint density at radius 1 is 1.18 bits per heavy atom. The number of hydrogen-bond donors (Lipinski definition) is 0.